The number of terminal acetylenes is 1. The number of aromatic hydroxyl groups is 1. The van der Waals surface area contributed by atoms with Crippen molar-refractivity contribution in [3.8, 4) is 35.4 Å². The minimum absolute atomic E-state index is 0.0850. The van der Waals surface area contributed by atoms with Gasteiger partial charge >= 0.3 is 6.01 Å². The molecule has 3 fully saturated rings. The van der Waals surface area contributed by atoms with Gasteiger partial charge in [0.2, 0.25) is 5.91 Å². The van der Waals surface area contributed by atoms with Gasteiger partial charge in [0.25, 0.3) is 0 Å². The molecule has 3 saturated heterocycles. The smallest absolute Gasteiger partial charge is 0.319 e. The maximum atomic E-state index is 16.9. The number of hydrogen-bond donors (Lipinski definition) is 2. The first-order valence-electron chi connectivity index (χ1n) is 16.5. The van der Waals surface area contributed by atoms with Crippen molar-refractivity contribution in [2.45, 2.75) is 76.2 Å². The number of ether oxygens (including phenoxy) is 1. The van der Waals surface area contributed by atoms with Crippen molar-refractivity contribution in [2.75, 3.05) is 31.1 Å². The van der Waals surface area contributed by atoms with Crippen LogP contribution in [0.25, 0.3) is 32.9 Å². The molecule has 0 bridgehead atoms. The first-order valence-corrected chi connectivity index (χ1v) is 16.5. The van der Waals surface area contributed by atoms with Crippen LogP contribution < -0.4 is 15.0 Å². The van der Waals surface area contributed by atoms with E-state index in [1.54, 1.807) is 0 Å². The normalized spacial score (nSPS) is 22.7. The Morgan fingerprint density at radius 2 is 2.04 bits per heavy atom. The fourth-order valence-electron chi connectivity index (χ4n) is 7.73. The lowest BCUT2D eigenvalue weighted by Gasteiger charge is -2.36. The lowest BCUT2D eigenvalue weighted by atomic mass is 9.95. The van der Waals surface area contributed by atoms with Crippen LogP contribution >= 0.6 is 0 Å². The van der Waals surface area contributed by atoms with Crippen molar-refractivity contribution in [1.29, 1.82) is 0 Å². The van der Waals surface area contributed by atoms with Gasteiger partial charge in [-0.25, -0.2) is 13.2 Å². The number of halogens is 3. The lowest BCUT2D eigenvalue weighted by Crippen LogP contribution is -2.51. The topological polar surface area (TPSA) is 104 Å². The number of amides is 1. The number of benzene rings is 2. The largest absolute Gasteiger partial charge is 0.508 e. The molecule has 250 valence electrons. The third kappa shape index (κ3) is 5.53. The highest BCUT2D eigenvalue weighted by molar-refractivity contribution is 6.03. The molecule has 2 aromatic heterocycles. The van der Waals surface area contributed by atoms with Gasteiger partial charge in [0.1, 0.15) is 47.4 Å². The fraction of sp³-hybridized carbons (Fsp3) is 0.444. The van der Waals surface area contributed by atoms with Crippen LogP contribution in [0, 0.1) is 24.0 Å². The SMILES string of the molecule is C#Cc1c(F)ccc2cc(O)cc(-c3ncc4c(N5CCCC[C@@H]5C(=O)NC(C)C)nc(OC[C@@]56CCCN5C[C@H](F)C6)nc4c3F)c12. The van der Waals surface area contributed by atoms with Crippen LogP contribution in [0.1, 0.15) is 57.9 Å². The molecule has 3 aliphatic heterocycles. The van der Waals surface area contributed by atoms with Gasteiger partial charge in [-0.3, -0.25) is 14.7 Å². The van der Waals surface area contributed by atoms with Gasteiger partial charge in [-0.05, 0) is 76.1 Å². The summed E-state index contributed by atoms with van der Waals surface area (Å²) in [6.07, 6.45) is 10.3. The Kier molecular flexibility index (Phi) is 8.27. The summed E-state index contributed by atoms with van der Waals surface area (Å²) >= 11 is 0. The van der Waals surface area contributed by atoms with Crippen LogP contribution in [-0.4, -0.2) is 80.9 Å². The van der Waals surface area contributed by atoms with Gasteiger partial charge in [0, 0.05) is 42.7 Å². The summed E-state index contributed by atoms with van der Waals surface area (Å²) in [6.45, 7) is 5.49. The fourth-order valence-corrected chi connectivity index (χ4v) is 7.73. The molecule has 3 atom stereocenters. The van der Waals surface area contributed by atoms with E-state index < -0.39 is 29.4 Å². The second kappa shape index (κ2) is 12.4. The van der Waals surface area contributed by atoms with Gasteiger partial charge in [-0.15, -0.1) is 6.42 Å². The Labute approximate surface area is 276 Å². The third-order valence-electron chi connectivity index (χ3n) is 9.83. The van der Waals surface area contributed by atoms with Crippen LogP contribution in [0.2, 0.25) is 0 Å². The van der Waals surface area contributed by atoms with E-state index in [1.165, 1.54) is 30.5 Å². The number of fused-ring (bicyclic) bond motifs is 3. The van der Waals surface area contributed by atoms with E-state index in [4.69, 9.17) is 16.1 Å². The zero-order chi connectivity index (χ0) is 33.7. The number of hydrogen-bond acceptors (Lipinski definition) is 8. The second-order valence-electron chi connectivity index (χ2n) is 13.4. The van der Waals surface area contributed by atoms with Crippen LogP contribution in [0.3, 0.4) is 0 Å². The summed E-state index contributed by atoms with van der Waals surface area (Å²) < 4.78 is 52.5. The van der Waals surface area contributed by atoms with E-state index in [0.29, 0.717) is 37.1 Å². The summed E-state index contributed by atoms with van der Waals surface area (Å²) in [5.41, 5.74) is -0.829. The predicted octanol–water partition coefficient (Wildman–Crippen LogP) is 5.65. The van der Waals surface area contributed by atoms with Gasteiger partial charge in [-0.1, -0.05) is 12.0 Å². The standard InChI is InChI=1S/C36H37F3N6O3/c1-4-24-27(38)10-9-21-14-23(46)15-25(29(21)24)31-30(39)32-26(17-40-31)33(45-13-6-5-8-28(45)34(47)41-20(2)3)43-35(42-32)48-19-36-11-7-12-44(36)18-22(37)16-36/h1,9-10,14-15,17,20,22,28,46H,5-8,11-13,16,18-19H2,2-3H3,(H,41,47)/t22-,28-,36+/m1/s1. The monoisotopic (exact) mass is 658 g/mol. The van der Waals surface area contributed by atoms with E-state index in [0.717, 1.165) is 32.2 Å². The molecule has 2 aromatic carbocycles. The number of nitrogens with one attached hydrogen (secondary N) is 1. The number of phenolic OH excluding ortho intramolecular Hbond substituents is 1. The molecule has 1 amide bonds. The maximum absolute atomic E-state index is 16.9. The van der Waals surface area contributed by atoms with E-state index in [2.05, 4.69) is 26.1 Å². The highest BCUT2D eigenvalue weighted by atomic mass is 19.1. The number of phenols is 1. The number of carbonyl (C=O) groups excluding carboxylic acids is 1. The molecule has 5 heterocycles. The minimum atomic E-state index is -0.962. The summed E-state index contributed by atoms with van der Waals surface area (Å²) in [5.74, 6) is 0.769. The lowest BCUT2D eigenvalue weighted by molar-refractivity contribution is -0.123. The molecule has 0 spiro atoms. The Hall–Kier alpha value is -4.63. The molecule has 7 rings (SSSR count). The van der Waals surface area contributed by atoms with E-state index in [-0.39, 0.29) is 63.4 Å². The van der Waals surface area contributed by atoms with Crippen molar-refractivity contribution >= 4 is 33.4 Å². The Bertz CT molecular complexity index is 1970. The number of alkyl halides is 1. The molecule has 4 aromatic rings. The number of piperidine rings is 1. The van der Waals surface area contributed by atoms with Crippen molar-refractivity contribution < 1.29 is 27.8 Å². The summed E-state index contributed by atoms with van der Waals surface area (Å²) in [4.78, 5) is 31.1. The average molecular weight is 659 g/mol. The first kappa shape index (κ1) is 31.9. The molecule has 0 aliphatic carbocycles. The highest BCUT2D eigenvalue weighted by Crippen LogP contribution is 2.42. The molecule has 0 unspecified atom stereocenters. The van der Waals surface area contributed by atoms with Crippen molar-refractivity contribution in [3.05, 3.63) is 47.7 Å². The Morgan fingerprint density at radius 3 is 2.83 bits per heavy atom. The van der Waals surface area contributed by atoms with Crippen LogP contribution in [-0.2, 0) is 4.79 Å². The quantitative estimate of drug-likeness (QED) is 0.246. The predicted molar refractivity (Wildman–Crippen MR) is 177 cm³/mol. The number of pyridine rings is 1. The van der Waals surface area contributed by atoms with E-state index in [1.807, 2.05) is 18.7 Å². The van der Waals surface area contributed by atoms with Gasteiger partial charge < -0.3 is 20.1 Å². The molecule has 2 N–H and O–H groups in total. The molecule has 3 aliphatic rings. The van der Waals surface area contributed by atoms with Gasteiger partial charge in [-0.2, -0.15) is 9.97 Å². The summed E-state index contributed by atoms with van der Waals surface area (Å²) in [5, 5.41) is 14.4. The number of nitrogens with zero attached hydrogens (tertiary/aromatic N) is 5. The first-order chi connectivity index (χ1) is 23.1. The second-order valence-corrected chi connectivity index (χ2v) is 13.4. The minimum Gasteiger partial charge on any atom is -0.508 e. The molecule has 0 saturated carbocycles. The summed E-state index contributed by atoms with van der Waals surface area (Å²) in [7, 11) is 0. The summed E-state index contributed by atoms with van der Waals surface area (Å²) in [6, 6.07) is 4.59. The van der Waals surface area contributed by atoms with Crippen LogP contribution in [0.15, 0.2) is 30.5 Å². The number of aromatic nitrogens is 3. The van der Waals surface area contributed by atoms with Crippen LogP contribution in [0.4, 0.5) is 19.0 Å². The van der Waals surface area contributed by atoms with Gasteiger partial charge in [0.15, 0.2) is 5.82 Å². The van der Waals surface area contributed by atoms with Crippen LogP contribution in [0.5, 0.6) is 11.8 Å². The van der Waals surface area contributed by atoms with E-state index in [9.17, 15) is 18.7 Å². The number of rotatable bonds is 7. The molecular formula is C36H37F3N6O3. The zero-order valence-electron chi connectivity index (χ0n) is 26.9. The molecule has 12 heteroatoms. The Balaban J connectivity index is 1.39. The van der Waals surface area contributed by atoms with Crippen molar-refractivity contribution in [1.82, 2.24) is 25.2 Å². The van der Waals surface area contributed by atoms with E-state index >= 15 is 4.39 Å². The third-order valence-corrected chi connectivity index (χ3v) is 9.83. The average Bonchev–Trinajstić information content (AvgIpc) is 3.59. The van der Waals surface area contributed by atoms with Crippen molar-refractivity contribution in [3.63, 3.8) is 0 Å². The van der Waals surface area contributed by atoms with Gasteiger partial charge in [0.05, 0.1) is 16.5 Å². The Morgan fingerprint density at radius 1 is 1.21 bits per heavy atom. The molecule has 48 heavy (non-hydrogen) atoms. The highest BCUT2D eigenvalue weighted by Gasteiger charge is 2.49. The zero-order valence-corrected chi connectivity index (χ0v) is 26.9. The molecule has 9 nitrogen and oxygen atoms in total. The number of carbonyl (C=O) groups is 1. The molecule has 0 radical (unpaired) electrons. The maximum Gasteiger partial charge on any atom is 0.319 e. The van der Waals surface area contributed by atoms with Crippen molar-refractivity contribution in [2.24, 2.45) is 0 Å². The molecular weight excluding hydrogens is 621 g/mol. The number of anilines is 1.